The van der Waals surface area contributed by atoms with Crippen molar-refractivity contribution in [3.63, 3.8) is 0 Å². The molecule has 1 aromatic heterocycles. The Balaban J connectivity index is 2.49. The maximum atomic E-state index is 5.56. The van der Waals surface area contributed by atoms with Crippen molar-refractivity contribution >= 4 is 0 Å². The second-order valence-corrected chi connectivity index (χ2v) is 3.58. The number of aromatic nitrogens is 3. The van der Waals surface area contributed by atoms with E-state index in [4.69, 9.17) is 5.73 Å². The Labute approximate surface area is 88.7 Å². The van der Waals surface area contributed by atoms with Crippen molar-refractivity contribution in [2.75, 3.05) is 0 Å². The summed E-state index contributed by atoms with van der Waals surface area (Å²) >= 11 is 0. The molecule has 0 aliphatic rings. The highest BCUT2D eigenvalue weighted by atomic mass is 15.4. The molecule has 0 fully saturated rings. The summed E-state index contributed by atoms with van der Waals surface area (Å²) in [6.45, 7) is 4.46. The van der Waals surface area contributed by atoms with Gasteiger partial charge < -0.3 is 5.73 Å². The fourth-order valence-electron chi connectivity index (χ4n) is 1.55. The van der Waals surface area contributed by atoms with Crippen LogP contribution in [0.15, 0.2) is 24.3 Å². The molecule has 0 bridgehead atoms. The highest BCUT2D eigenvalue weighted by molar-refractivity contribution is 5.36. The summed E-state index contributed by atoms with van der Waals surface area (Å²) in [5, 5.41) is 8.11. The normalized spacial score (nSPS) is 10.6. The molecule has 0 spiro atoms. The van der Waals surface area contributed by atoms with Crippen LogP contribution in [0, 0.1) is 13.8 Å². The maximum absolute atomic E-state index is 5.56. The fraction of sp³-hybridized carbons (Fsp3) is 0.273. The molecule has 1 heterocycles. The molecule has 0 aliphatic heterocycles. The van der Waals surface area contributed by atoms with Crippen molar-refractivity contribution < 1.29 is 0 Å². The van der Waals surface area contributed by atoms with Crippen molar-refractivity contribution in [3.8, 4) is 5.69 Å². The van der Waals surface area contributed by atoms with Gasteiger partial charge in [-0.1, -0.05) is 17.3 Å². The van der Waals surface area contributed by atoms with Crippen molar-refractivity contribution in [1.29, 1.82) is 0 Å². The molecule has 78 valence electrons. The van der Waals surface area contributed by atoms with E-state index in [-0.39, 0.29) is 0 Å². The predicted octanol–water partition coefficient (Wildman–Crippen LogP) is 1.34. The minimum Gasteiger partial charge on any atom is -0.325 e. The maximum Gasteiger partial charge on any atom is 0.0996 e. The van der Waals surface area contributed by atoms with Gasteiger partial charge in [-0.2, -0.15) is 0 Å². The molecule has 0 atom stereocenters. The number of aryl methyl sites for hydroxylation is 1. The first-order chi connectivity index (χ1) is 7.22. The lowest BCUT2D eigenvalue weighted by atomic mass is 10.2. The van der Waals surface area contributed by atoms with Gasteiger partial charge in [-0.3, -0.25) is 0 Å². The monoisotopic (exact) mass is 202 g/mol. The van der Waals surface area contributed by atoms with Crippen LogP contribution in [-0.2, 0) is 6.54 Å². The first kappa shape index (κ1) is 9.86. The quantitative estimate of drug-likeness (QED) is 0.799. The Bertz CT molecular complexity index is 473. The van der Waals surface area contributed by atoms with Gasteiger partial charge in [0.25, 0.3) is 0 Å². The SMILES string of the molecule is Cc1cccc(-n2nnc(CN)c2C)c1. The van der Waals surface area contributed by atoms with Crippen LogP contribution in [0.5, 0.6) is 0 Å². The van der Waals surface area contributed by atoms with Gasteiger partial charge in [0.1, 0.15) is 0 Å². The van der Waals surface area contributed by atoms with E-state index in [1.807, 2.05) is 23.7 Å². The van der Waals surface area contributed by atoms with Gasteiger partial charge >= 0.3 is 0 Å². The second kappa shape index (κ2) is 3.82. The van der Waals surface area contributed by atoms with E-state index >= 15 is 0 Å². The standard InChI is InChI=1S/C11H14N4/c1-8-4-3-5-10(6-8)15-9(2)11(7-12)13-14-15/h3-6H,7,12H2,1-2H3. The molecule has 0 aliphatic carbocycles. The fourth-order valence-corrected chi connectivity index (χ4v) is 1.55. The number of nitrogens with zero attached hydrogens (tertiary/aromatic N) is 3. The van der Waals surface area contributed by atoms with E-state index in [0.29, 0.717) is 6.54 Å². The van der Waals surface area contributed by atoms with E-state index in [2.05, 4.69) is 29.4 Å². The summed E-state index contributed by atoms with van der Waals surface area (Å²) < 4.78 is 1.81. The average Bonchev–Trinajstić information content (AvgIpc) is 2.59. The molecule has 4 nitrogen and oxygen atoms in total. The van der Waals surface area contributed by atoms with Crippen LogP contribution in [0.25, 0.3) is 5.69 Å². The Morgan fingerprint density at radius 1 is 1.33 bits per heavy atom. The largest absolute Gasteiger partial charge is 0.325 e. The lowest BCUT2D eigenvalue weighted by molar-refractivity contribution is 0.782. The van der Waals surface area contributed by atoms with E-state index in [0.717, 1.165) is 17.1 Å². The van der Waals surface area contributed by atoms with Gasteiger partial charge in [0.2, 0.25) is 0 Å². The zero-order valence-corrected chi connectivity index (χ0v) is 8.94. The zero-order valence-electron chi connectivity index (χ0n) is 8.94. The highest BCUT2D eigenvalue weighted by Gasteiger charge is 2.07. The van der Waals surface area contributed by atoms with Gasteiger partial charge in [-0.15, -0.1) is 5.10 Å². The van der Waals surface area contributed by atoms with Crippen molar-refractivity contribution in [3.05, 3.63) is 41.2 Å². The first-order valence-electron chi connectivity index (χ1n) is 4.90. The predicted molar refractivity (Wildman–Crippen MR) is 58.7 cm³/mol. The smallest absolute Gasteiger partial charge is 0.0996 e. The summed E-state index contributed by atoms with van der Waals surface area (Å²) in [5.74, 6) is 0. The molecule has 2 rings (SSSR count). The van der Waals surface area contributed by atoms with Crippen LogP contribution in [0.1, 0.15) is 17.0 Å². The van der Waals surface area contributed by atoms with Crippen LogP contribution in [0.2, 0.25) is 0 Å². The van der Waals surface area contributed by atoms with E-state index in [1.165, 1.54) is 5.56 Å². The van der Waals surface area contributed by atoms with Crippen LogP contribution >= 0.6 is 0 Å². The van der Waals surface area contributed by atoms with Crippen LogP contribution in [0.3, 0.4) is 0 Å². The van der Waals surface area contributed by atoms with Gasteiger partial charge in [-0.25, -0.2) is 4.68 Å². The second-order valence-electron chi connectivity index (χ2n) is 3.58. The molecular formula is C11H14N4. The molecule has 2 N–H and O–H groups in total. The molecule has 0 amide bonds. The third kappa shape index (κ3) is 1.76. The number of rotatable bonds is 2. The topological polar surface area (TPSA) is 56.7 Å². The van der Waals surface area contributed by atoms with Gasteiger partial charge in [0, 0.05) is 6.54 Å². The highest BCUT2D eigenvalue weighted by Crippen LogP contribution is 2.12. The van der Waals surface area contributed by atoms with Crippen LogP contribution in [-0.4, -0.2) is 15.0 Å². The van der Waals surface area contributed by atoms with Gasteiger partial charge in [0.15, 0.2) is 0 Å². The Kier molecular flexibility index (Phi) is 2.51. The summed E-state index contributed by atoms with van der Waals surface area (Å²) in [4.78, 5) is 0. The Morgan fingerprint density at radius 3 is 2.73 bits per heavy atom. The Morgan fingerprint density at radius 2 is 2.13 bits per heavy atom. The summed E-state index contributed by atoms with van der Waals surface area (Å²) in [6.07, 6.45) is 0. The lowest BCUT2D eigenvalue weighted by Crippen LogP contribution is -2.02. The molecule has 4 heteroatoms. The van der Waals surface area contributed by atoms with Crippen molar-refractivity contribution in [2.24, 2.45) is 5.73 Å². The third-order valence-corrected chi connectivity index (χ3v) is 2.43. The summed E-state index contributed by atoms with van der Waals surface area (Å²) in [5.41, 5.74) is 9.64. The molecule has 2 aromatic rings. The summed E-state index contributed by atoms with van der Waals surface area (Å²) in [6, 6.07) is 8.14. The third-order valence-electron chi connectivity index (χ3n) is 2.43. The summed E-state index contributed by atoms with van der Waals surface area (Å²) in [7, 11) is 0. The number of benzene rings is 1. The number of hydrogen-bond donors (Lipinski definition) is 1. The first-order valence-corrected chi connectivity index (χ1v) is 4.90. The van der Waals surface area contributed by atoms with Crippen LogP contribution in [0.4, 0.5) is 0 Å². The number of nitrogens with two attached hydrogens (primary N) is 1. The molecule has 0 saturated heterocycles. The average molecular weight is 202 g/mol. The van der Waals surface area contributed by atoms with Crippen LogP contribution < -0.4 is 5.73 Å². The molecule has 0 saturated carbocycles. The van der Waals surface area contributed by atoms with Crippen molar-refractivity contribution in [1.82, 2.24) is 15.0 Å². The zero-order chi connectivity index (χ0) is 10.8. The van der Waals surface area contributed by atoms with Crippen molar-refractivity contribution in [2.45, 2.75) is 20.4 Å². The molecule has 0 unspecified atom stereocenters. The van der Waals surface area contributed by atoms with E-state index in [1.54, 1.807) is 0 Å². The molecule has 0 radical (unpaired) electrons. The van der Waals surface area contributed by atoms with Gasteiger partial charge in [0.05, 0.1) is 17.1 Å². The van der Waals surface area contributed by atoms with E-state index in [9.17, 15) is 0 Å². The Hall–Kier alpha value is -1.68. The molecule has 1 aromatic carbocycles. The lowest BCUT2D eigenvalue weighted by Gasteiger charge is -2.03. The molecule has 15 heavy (non-hydrogen) atoms. The minimum absolute atomic E-state index is 0.428. The van der Waals surface area contributed by atoms with E-state index < -0.39 is 0 Å². The molecular weight excluding hydrogens is 188 g/mol. The van der Waals surface area contributed by atoms with Gasteiger partial charge in [-0.05, 0) is 31.5 Å². The number of hydrogen-bond acceptors (Lipinski definition) is 3. The minimum atomic E-state index is 0.428.